The van der Waals surface area contributed by atoms with Gasteiger partial charge in [0.2, 0.25) is 5.91 Å². The Kier molecular flexibility index (Phi) is 6.53. The number of carbonyl (C=O) groups excluding carboxylic acids is 2. The van der Waals surface area contributed by atoms with Crippen LogP contribution in [0.4, 0.5) is 5.69 Å². The highest BCUT2D eigenvalue weighted by atomic mass is 16.2. The third kappa shape index (κ3) is 4.89. The fraction of sp³-hybridized carbons (Fsp3) is 0.636. The largest absolute Gasteiger partial charge is 0.369 e. The molecule has 1 aromatic rings. The zero-order chi connectivity index (χ0) is 19.4. The van der Waals surface area contributed by atoms with Crippen molar-refractivity contribution in [3.8, 4) is 0 Å². The maximum Gasteiger partial charge on any atom is 0.237 e. The topological polar surface area (TPSA) is 52.7 Å². The van der Waals surface area contributed by atoms with Gasteiger partial charge < -0.3 is 10.2 Å². The molecule has 2 aliphatic rings. The molecule has 1 saturated heterocycles. The van der Waals surface area contributed by atoms with E-state index in [-0.39, 0.29) is 17.7 Å². The summed E-state index contributed by atoms with van der Waals surface area (Å²) in [6, 6.07) is 8.09. The van der Waals surface area contributed by atoms with Gasteiger partial charge in [-0.05, 0) is 56.9 Å². The van der Waals surface area contributed by atoms with Crippen LogP contribution in [-0.4, -0.2) is 54.9 Å². The van der Waals surface area contributed by atoms with Crippen molar-refractivity contribution in [2.75, 3.05) is 31.1 Å². The van der Waals surface area contributed by atoms with Crippen LogP contribution in [0.5, 0.6) is 0 Å². The van der Waals surface area contributed by atoms with E-state index in [2.05, 4.69) is 22.0 Å². The number of hydrogen-bond acceptors (Lipinski definition) is 4. The number of hydrogen-bond donors (Lipinski definition) is 1. The minimum Gasteiger partial charge on any atom is -0.369 e. The van der Waals surface area contributed by atoms with Gasteiger partial charge >= 0.3 is 0 Å². The first-order valence-electron chi connectivity index (χ1n) is 10.4. The maximum atomic E-state index is 12.7. The highest BCUT2D eigenvalue weighted by molar-refractivity contribution is 5.94. The molecular formula is C22H33N3O2. The first-order valence-corrected chi connectivity index (χ1v) is 10.4. The summed E-state index contributed by atoms with van der Waals surface area (Å²) in [5.74, 6) is 0.858. The molecule has 2 fully saturated rings. The molecule has 1 amide bonds. The van der Waals surface area contributed by atoms with Crippen LogP contribution in [0.25, 0.3) is 0 Å². The summed E-state index contributed by atoms with van der Waals surface area (Å²) in [5.41, 5.74) is 1.90. The first-order chi connectivity index (χ1) is 13.0. The normalized spacial score (nSPS) is 25.1. The second kappa shape index (κ2) is 8.87. The zero-order valence-electron chi connectivity index (χ0n) is 16.9. The third-order valence-electron chi connectivity index (χ3n) is 6.32. The van der Waals surface area contributed by atoms with Gasteiger partial charge in [0.15, 0.2) is 5.78 Å². The Hall–Kier alpha value is -1.88. The van der Waals surface area contributed by atoms with Crippen LogP contribution in [0.1, 0.15) is 56.8 Å². The predicted octanol–water partition coefficient (Wildman–Crippen LogP) is 3.09. The molecule has 0 bridgehead atoms. The molecule has 1 N–H and O–H groups in total. The van der Waals surface area contributed by atoms with E-state index in [0.29, 0.717) is 12.0 Å². The van der Waals surface area contributed by atoms with E-state index >= 15 is 0 Å². The Morgan fingerprint density at radius 3 is 2.26 bits per heavy atom. The number of Topliss-reactive ketones (excluding diaryl/α,β-unsaturated/α-hetero) is 1. The number of benzene rings is 1. The van der Waals surface area contributed by atoms with Crippen LogP contribution in [0.2, 0.25) is 0 Å². The molecule has 3 atom stereocenters. The van der Waals surface area contributed by atoms with Crippen molar-refractivity contribution in [1.29, 1.82) is 0 Å². The van der Waals surface area contributed by atoms with E-state index in [4.69, 9.17) is 0 Å². The quantitative estimate of drug-likeness (QED) is 0.808. The minimum atomic E-state index is -0.0821. The molecule has 27 heavy (non-hydrogen) atoms. The van der Waals surface area contributed by atoms with Crippen molar-refractivity contribution >= 4 is 17.4 Å². The second-order valence-electron chi connectivity index (χ2n) is 8.18. The summed E-state index contributed by atoms with van der Waals surface area (Å²) in [4.78, 5) is 28.7. The fourth-order valence-electron chi connectivity index (χ4n) is 4.27. The van der Waals surface area contributed by atoms with Crippen LogP contribution in [-0.2, 0) is 4.79 Å². The Balaban J connectivity index is 1.50. The van der Waals surface area contributed by atoms with Gasteiger partial charge in [0.25, 0.3) is 0 Å². The smallest absolute Gasteiger partial charge is 0.237 e. The van der Waals surface area contributed by atoms with E-state index < -0.39 is 0 Å². The van der Waals surface area contributed by atoms with Gasteiger partial charge in [0, 0.05) is 43.5 Å². The van der Waals surface area contributed by atoms with Crippen LogP contribution in [0.3, 0.4) is 0 Å². The third-order valence-corrected chi connectivity index (χ3v) is 6.32. The lowest BCUT2D eigenvalue weighted by atomic mass is 9.86. The van der Waals surface area contributed by atoms with Gasteiger partial charge in [-0.2, -0.15) is 0 Å². The van der Waals surface area contributed by atoms with E-state index in [1.54, 1.807) is 6.92 Å². The molecular weight excluding hydrogens is 338 g/mol. The Morgan fingerprint density at radius 2 is 1.67 bits per heavy atom. The molecule has 0 spiro atoms. The van der Waals surface area contributed by atoms with Gasteiger partial charge in [0.1, 0.15) is 0 Å². The molecule has 1 aromatic carbocycles. The zero-order valence-corrected chi connectivity index (χ0v) is 16.9. The molecule has 3 rings (SSSR count). The number of ketones is 1. The molecule has 0 radical (unpaired) electrons. The van der Waals surface area contributed by atoms with E-state index in [0.717, 1.165) is 43.9 Å². The first kappa shape index (κ1) is 19.9. The number of rotatable bonds is 5. The lowest BCUT2D eigenvalue weighted by molar-refractivity contribution is -0.127. The maximum absolute atomic E-state index is 12.7. The average molecular weight is 372 g/mol. The van der Waals surface area contributed by atoms with Gasteiger partial charge in [0.05, 0.1) is 6.04 Å². The number of nitrogens with one attached hydrogen (secondary N) is 1. The molecule has 0 aromatic heterocycles. The van der Waals surface area contributed by atoms with Crippen molar-refractivity contribution in [2.45, 2.75) is 58.5 Å². The minimum absolute atomic E-state index is 0.0821. The molecule has 1 aliphatic carbocycles. The van der Waals surface area contributed by atoms with Gasteiger partial charge in [-0.15, -0.1) is 0 Å². The summed E-state index contributed by atoms with van der Waals surface area (Å²) in [6.45, 7) is 9.43. The second-order valence-corrected chi connectivity index (χ2v) is 8.18. The van der Waals surface area contributed by atoms with E-state index in [1.807, 2.05) is 31.2 Å². The van der Waals surface area contributed by atoms with Crippen LogP contribution < -0.4 is 10.2 Å². The number of nitrogens with zero attached hydrogens (tertiary/aromatic N) is 2. The fourth-order valence-corrected chi connectivity index (χ4v) is 4.27. The van der Waals surface area contributed by atoms with Crippen LogP contribution >= 0.6 is 0 Å². The van der Waals surface area contributed by atoms with Crippen molar-refractivity contribution in [1.82, 2.24) is 10.2 Å². The van der Waals surface area contributed by atoms with Crippen molar-refractivity contribution in [3.05, 3.63) is 29.8 Å². The lowest BCUT2D eigenvalue weighted by Crippen LogP contribution is -2.55. The van der Waals surface area contributed by atoms with Gasteiger partial charge in [-0.3, -0.25) is 14.5 Å². The lowest BCUT2D eigenvalue weighted by Gasteiger charge is -2.39. The Morgan fingerprint density at radius 1 is 1.04 bits per heavy atom. The predicted molar refractivity (Wildman–Crippen MR) is 109 cm³/mol. The molecule has 148 valence electrons. The van der Waals surface area contributed by atoms with Crippen molar-refractivity contribution in [3.63, 3.8) is 0 Å². The van der Waals surface area contributed by atoms with Gasteiger partial charge in [-0.1, -0.05) is 19.8 Å². The number of anilines is 1. The Labute approximate surface area is 163 Å². The Bertz CT molecular complexity index is 650. The average Bonchev–Trinajstić information content (AvgIpc) is 2.69. The summed E-state index contributed by atoms with van der Waals surface area (Å²) in [7, 11) is 0. The van der Waals surface area contributed by atoms with Crippen LogP contribution in [0, 0.1) is 5.92 Å². The molecule has 1 saturated carbocycles. The van der Waals surface area contributed by atoms with Gasteiger partial charge in [-0.25, -0.2) is 0 Å². The monoisotopic (exact) mass is 371 g/mol. The van der Waals surface area contributed by atoms with Crippen LogP contribution in [0.15, 0.2) is 24.3 Å². The number of piperazine rings is 1. The van der Waals surface area contributed by atoms with E-state index in [9.17, 15) is 9.59 Å². The van der Waals surface area contributed by atoms with E-state index in [1.165, 1.54) is 19.3 Å². The summed E-state index contributed by atoms with van der Waals surface area (Å²) in [6.07, 6.45) is 4.85. The summed E-state index contributed by atoms with van der Waals surface area (Å²) in [5, 5.41) is 3.30. The number of amides is 1. The highest BCUT2D eigenvalue weighted by Gasteiger charge is 2.29. The van der Waals surface area contributed by atoms with Crippen molar-refractivity contribution in [2.24, 2.45) is 5.92 Å². The molecule has 5 heteroatoms. The SMILES string of the molecule is CC(=O)c1ccc(N2CCN([C@H](C)C(=O)N[C@H]3CCCC[C@H]3C)CC2)cc1. The molecule has 5 nitrogen and oxygen atoms in total. The molecule has 0 unspecified atom stereocenters. The number of carbonyl (C=O) groups is 2. The summed E-state index contributed by atoms with van der Waals surface area (Å²) < 4.78 is 0. The van der Waals surface area contributed by atoms with Crippen molar-refractivity contribution < 1.29 is 9.59 Å². The molecule has 1 heterocycles. The standard InChI is InChI=1S/C22H33N3O2/c1-16-6-4-5-7-21(16)23-22(27)17(2)24-12-14-25(15-13-24)20-10-8-19(9-11-20)18(3)26/h8-11,16-17,21H,4-7,12-15H2,1-3H3,(H,23,27)/t16-,17-,21+/m1/s1. The summed E-state index contributed by atoms with van der Waals surface area (Å²) >= 11 is 0. The molecule has 1 aliphatic heterocycles. The highest BCUT2D eigenvalue weighted by Crippen LogP contribution is 2.24.